The van der Waals surface area contributed by atoms with Crippen LogP contribution in [0.5, 0.6) is 0 Å². The third kappa shape index (κ3) is 6.10. The summed E-state index contributed by atoms with van der Waals surface area (Å²) in [5.74, 6) is 0.0705. The monoisotopic (exact) mass is 796 g/mol. The van der Waals surface area contributed by atoms with Gasteiger partial charge < -0.3 is 70.0 Å². The molecule has 0 unspecified atom stereocenters. The van der Waals surface area contributed by atoms with E-state index in [-0.39, 0.29) is 47.9 Å². The largest absolute Gasteiger partial charge is 0.396 e. The Morgan fingerprint density at radius 1 is 0.732 bits per heavy atom. The zero-order chi connectivity index (χ0) is 41.0. The first-order valence-corrected chi connectivity index (χ1v) is 20.8. The van der Waals surface area contributed by atoms with Crippen LogP contribution in [0.1, 0.15) is 92.9 Å². The van der Waals surface area contributed by atoms with Crippen LogP contribution in [0.15, 0.2) is 23.3 Å². The van der Waals surface area contributed by atoms with Gasteiger partial charge in [0.15, 0.2) is 12.6 Å². The van der Waals surface area contributed by atoms with E-state index in [0.29, 0.717) is 25.7 Å². The summed E-state index contributed by atoms with van der Waals surface area (Å²) >= 11 is 0. The van der Waals surface area contributed by atoms with Crippen molar-refractivity contribution >= 4 is 0 Å². The SMILES string of the molecule is C[C@H]1O[C@@H](O[C@H]2CC[C@]3(C)[C@@H](CC[C@]4(C)[C@@H]3C=CC3=C5C[C@@](C)(CO)CC[C@]5(CO)[C@H](O)C[C@]34C)[C@]2(C)CO)[C@H](O)[C@@H](O[C@@H]2O[C@H](CO)[C@@H](O)[C@H](O)[C@H]2O)[C@H]1O. The van der Waals surface area contributed by atoms with Crippen molar-refractivity contribution in [2.24, 2.45) is 44.3 Å². The van der Waals surface area contributed by atoms with Crippen LogP contribution in [0.2, 0.25) is 0 Å². The van der Waals surface area contributed by atoms with Gasteiger partial charge in [-0.1, -0.05) is 52.3 Å². The Morgan fingerprint density at radius 2 is 1.43 bits per heavy atom. The summed E-state index contributed by atoms with van der Waals surface area (Å²) in [6, 6.07) is 0. The molecule has 5 fully saturated rings. The van der Waals surface area contributed by atoms with Crippen LogP contribution in [-0.2, 0) is 18.9 Å². The Morgan fingerprint density at radius 3 is 2.07 bits per heavy atom. The molecule has 3 saturated carbocycles. The predicted molar refractivity (Wildman–Crippen MR) is 200 cm³/mol. The van der Waals surface area contributed by atoms with Crippen molar-refractivity contribution in [3.63, 3.8) is 0 Å². The Bertz CT molecular complexity index is 1520. The van der Waals surface area contributed by atoms with E-state index in [1.54, 1.807) is 6.92 Å². The topological polar surface area (TPSA) is 239 Å². The molecule has 7 rings (SSSR count). The van der Waals surface area contributed by atoms with E-state index < -0.39 is 96.5 Å². The van der Waals surface area contributed by atoms with Gasteiger partial charge in [0, 0.05) is 22.9 Å². The molecule has 10 N–H and O–H groups in total. The summed E-state index contributed by atoms with van der Waals surface area (Å²) in [5, 5.41) is 108. The van der Waals surface area contributed by atoms with E-state index in [1.165, 1.54) is 5.57 Å². The highest BCUT2D eigenvalue weighted by molar-refractivity contribution is 5.47. The standard InChI is InChI=1S/C42H68O14/c1-21-29(48)34(56-35-32(51)31(50)30(49)24(17-43)54-35)33(52)36(53-21)55-28-10-11-38(3)25(39(28,4)19-45)9-12-40(5)26(38)8-7-22-23-15-37(2,18-44)13-14-42(23,20-46)27(47)16-41(22,40)6/h7-8,21,24-36,43-52H,9-20H2,1-6H3/t21-,24-,25-,26-,27-,28+,29+,30-,31+,32-,33-,34+,35+,36+,37+,38-,39+,40-,41-,42-/m1/s1. The lowest BCUT2D eigenvalue weighted by Crippen LogP contribution is -2.67. The minimum Gasteiger partial charge on any atom is -0.396 e. The molecule has 2 aliphatic heterocycles. The van der Waals surface area contributed by atoms with Crippen molar-refractivity contribution in [1.29, 1.82) is 0 Å². The predicted octanol–water partition coefficient (Wildman–Crippen LogP) is 0.653. The van der Waals surface area contributed by atoms with Crippen LogP contribution in [0, 0.1) is 44.3 Å². The molecule has 320 valence electrons. The van der Waals surface area contributed by atoms with E-state index in [0.717, 1.165) is 31.3 Å². The minimum atomic E-state index is -1.74. The lowest BCUT2D eigenvalue weighted by atomic mass is 9.35. The molecule has 0 aromatic heterocycles. The first-order valence-electron chi connectivity index (χ1n) is 20.8. The van der Waals surface area contributed by atoms with Crippen LogP contribution in [0.3, 0.4) is 0 Å². The molecule has 0 aromatic carbocycles. The molecule has 14 heteroatoms. The van der Waals surface area contributed by atoms with Crippen LogP contribution < -0.4 is 0 Å². The third-order valence-corrected chi connectivity index (χ3v) is 17.1. The van der Waals surface area contributed by atoms with E-state index >= 15 is 0 Å². The zero-order valence-electron chi connectivity index (χ0n) is 33.8. The van der Waals surface area contributed by atoms with Gasteiger partial charge in [0.25, 0.3) is 0 Å². The molecular formula is C42H68O14. The number of fused-ring (bicyclic) bond motifs is 6. The zero-order valence-corrected chi connectivity index (χ0v) is 33.8. The molecule has 0 radical (unpaired) electrons. The van der Waals surface area contributed by atoms with Crippen molar-refractivity contribution in [3.05, 3.63) is 23.3 Å². The maximum absolute atomic E-state index is 12.0. The Balaban J connectivity index is 1.15. The number of aliphatic hydroxyl groups excluding tert-OH is 10. The quantitative estimate of drug-likeness (QED) is 0.152. The summed E-state index contributed by atoms with van der Waals surface area (Å²) < 4.78 is 24.0. The van der Waals surface area contributed by atoms with Crippen LogP contribution in [0.4, 0.5) is 0 Å². The lowest BCUT2D eigenvalue weighted by Gasteiger charge is -2.70. The van der Waals surface area contributed by atoms with Gasteiger partial charge in [-0.2, -0.15) is 0 Å². The molecule has 0 aromatic rings. The van der Waals surface area contributed by atoms with Gasteiger partial charge in [-0.25, -0.2) is 0 Å². The molecule has 14 nitrogen and oxygen atoms in total. The van der Waals surface area contributed by atoms with Crippen molar-refractivity contribution in [1.82, 2.24) is 0 Å². The third-order valence-electron chi connectivity index (χ3n) is 17.1. The Hall–Kier alpha value is -1.08. The number of rotatable bonds is 8. The average molecular weight is 797 g/mol. The summed E-state index contributed by atoms with van der Waals surface area (Å²) in [5.41, 5.74) is -0.498. The molecule has 0 amide bonds. The van der Waals surface area contributed by atoms with Crippen molar-refractivity contribution in [3.8, 4) is 0 Å². The second-order valence-corrected chi connectivity index (χ2v) is 20.1. The highest BCUT2D eigenvalue weighted by atomic mass is 16.7. The maximum Gasteiger partial charge on any atom is 0.187 e. The highest BCUT2D eigenvalue weighted by Gasteiger charge is 2.69. The van der Waals surface area contributed by atoms with Crippen molar-refractivity contribution in [2.45, 2.75) is 167 Å². The summed E-state index contributed by atoms with van der Waals surface area (Å²) in [7, 11) is 0. The fourth-order valence-electron chi connectivity index (χ4n) is 13.1. The molecule has 7 aliphatic rings. The number of ether oxygens (including phenoxy) is 4. The van der Waals surface area contributed by atoms with Gasteiger partial charge in [0.2, 0.25) is 0 Å². The summed E-state index contributed by atoms with van der Waals surface area (Å²) in [6.07, 6.45) is -5.79. The van der Waals surface area contributed by atoms with Gasteiger partial charge in [-0.15, -0.1) is 0 Å². The molecule has 2 saturated heterocycles. The van der Waals surface area contributed by atoms with E-state index in [1.807, 2.05) is 6.92 Å². The number of hydrogen-bond donors (Lipinski definition) is 10. The van der Waals surface area contributed by atoms with Gasteiger partial charge in [-0.3, -0.25) is 0 Å². The van der Waals surface area contributed by atoms with E-state index in [4.69, 9.17) is 18.9 Å². The first-order chi connectivity index (χ1) is 26.2. The molecule has 56 heavy (non-hydrogen) atoms. The van der Waals surface area contributed by atoms with Gasteiger partial charge in [-0.05, 0) is 91.9 Å². The molecule has 5 aliphatic carbocycles. The molecule has 2 heterocycles. The highest BCUT2D eigenvalue weighted by Crippen LogP contribution is 2.74. The fraction of sp³-hybridized carbons (Fsp3) is 0.905. The first kappa shape index (κ1) is 43.0. The lowest BCUT2D eigenvalue weighted by molar-refractivity contribution is -0.367. The van der Waals surface area contributed by atoms with E-state index in [9.17, 15) is 51.1 Å². The molecule has 20 atom stereocenters. The normalized spacial score (nSPS) is 55.9. The molecule has 0 spiro atoms. The van der Waals surface area contributed by atoms with Crippen LogP contribution in [-0.4, -0.2) is 151 Å². The minimum absolute atomic E-state index is 0.0124. The average Bonchev–Trinajstić information content (AvgIpc) is 3.17. The Labute approximate surface area is 330 Å². The van der Waals surface area contributed by atoms with Crippen LogP contribution >= 0.6 is 0 Å². The van der Waals surface area contributed by atoms with Gasteiger partial charge in [0.1, 0.15) is 42.7 Å². The van der Waals surface area contributed by atoms with E-state index in [2.05, 4.69) is 39.8 Å². The maximum atomic E-state index is 12.0. The van der Waals surface area contributed by atoms with Gasteiger partial charge >= 0.3 is 0 Å². The molecule has 0 bridgehead atoms. The van der Waals surface area contributed by atoms with Gasteiger partial charge in [0.05, 0.1) is 38.1 Å². The number of hydrogen-bond acceptors (Lipinski definition) is 14. The second-order valence-electron chi connectivity index (χ2n) is 20.1. The van der Waals surface area contributed by atoms with Crippen molar-refractivity contribution in [2.75, 3.05) is 26.4 Å². The smallest absolute Gasteiger partial charge is 0.187 e. The number of aliphatic hydroxyl groups is 10. The van der Waals surface area contributed by atoms with Crippen molar-refractivity contribution < 1.29 is 70.0 Å². The second kappa shape index (κ2) is 14.8. The number of allylic oxidation sites excluding steroid dienone is 3. The Kier molecular flexibility index (Phi) is 11.4. The fourth-order valence-corrected chi connectivity index (χ4v) is 13.1. The summed E-state index contributed by atoms with van der Waals surface area (Å²) in [6.45, 7) is 11.7. The molecular weight excluding hydrogens is 728 g/mol. The van der Waals surface area contributed by atoms with Crippen LogP contribution in [0.25, 0.3) is 0 Å². The summed E-state index contributed by atoms with van der Waals surface area (Å²) in [4.78, 5) is 0.